The van der Waals surface area contributed by atoms with E-state index in [-0.39, 0.29) is 23.9 Å². The minimum absolute atomic E-state index is 0.143. The Bertz CT molecular complexity index is 1110. The van der Waals surface area contributed by atoms with Gasteiger partial charge in [-0.05, 0) is 44.0 Å². The van der Waals surface area contributed by atoms with Crippen molar-refractivity contribution in [3.8, 4) is 5.75 Å². The van der Waals surface area contributed by atoms with Crippen LogP contribution in [0.1, 0.15) is 31.4 Å². The summed E-state index contributed by atoms with van der Waals surface area (Å²) in [5.41, 5.74) is 2.02. The number of nitrogens with one attached hydrogen (secondary N) is 1. The van der Waals surface area contributed by atoms with Crippen LogP contribution in [0.5, 0.6) is 5.75 Å². The number of hydrogen-bond donors (Lipinski definition) is 1. The van der Waals surface area contributed by atoms with Crippen LogP contribution >= 0.6 is 11.6 Å². The fourth-order valence-corrected chi connectivity index (χ4v) is 4.33. The van der Waals surface area contributed by atoms with Crippen molar-refractivity contribution in [3.63, 3.8) is 0 Å². The monoisotopic (exact) mass is 509 g/mol. The van der Waals surface area contributed by atoms with E-state index in [4.69, 9.17) is 16.3 Å². The van der Waals surface area contributed by atoms with E-state index in [0.29, 0.717) is 11.6 Å². The second-order valence-corrected chi connectivity index (χ2v) is 10.4. The Morgan fingerprint density at radius 2 is 1.79 bits per heavy atom. The summed E-state index contributed by atoms with van der Waals surface area (Å²) in [7, 11) is -2.49. The average Bonchev–Trinajstić information content (AvgIpc) is 2.79. The van der Waals surface area contributed by atoms with Gasteiger partial charge in [0.25, 0.3) is 0 Å². The molecule has 2 aromatic carbocycles. The number of anilines is 1. The lowest BCUT2D eigenvalue weighted by molar-refractivity contribution is -0.139. The third kappa shape index (κ3) is 7.36. The van der Waals surface area contributed by atoms with Gasteiger partial charge in [-0.2, -0.15) is 0 Å². The van der Waals surface area contributed by atoms with Crippen molar-refractivity contribution >= 4 is 39.1 Å². The molecular weight excluding hydrogens is 478 g/mol. The second-order valence-electron chi connectivity index (χ2n) is 8.06. The molecule has 0 heterocycles. The highest BCUT2D eigenvalue weighted by Gasteiger charge is 2.31. The van der Waals surface area contributed by atoms with Crippen LogP contribution in [0.15, 0.2) is 42.5 Å². The maximum atomic E-state index is 13.5. The number of halogens is 1. The Morgan fingerprint density at radius 3 is 2.35 bits per heavy atom. The van der Waals surface area contributed by atoms with Crippen LogP contribution in [0.4, 0.5) is 5.69 Å². The first-order chi connectivity index (χ1) is 16.0. The van der Waals surface area contributed by atoms with Gasteiger partial charge in [-0.15, -0.1) is 0 Å². The van der Waals surface area contributed by atoms with Crippen molar-refractivity contribution in [2.24, 2.45) is 0 Å². The molecule has 0 aromatic heterocycles. The summed E-state index contributed by atoms with van der Waals surface area (Å²) in [6, 6.07) is 11.3. The normalized spacial score (nSPS) is 12.1. The molecule has 2 rings (SSSR count). The molecular formula is C24H32ClN3O5S. The molecule has 8 nitrogen and oxygen atoms in total. The van der Waals surface area contributed by atoms with Crippen LogP contribution < -0.4 is 14.4 Å². The molecule has 1 N–H and O–H groups in total. The van der Waals surface area contributed by atoms with Gasteiger partial charge in [0.2, 0.25) is 21.8 Å². The molecule has 10 heteroatoms. The van der Waals surface area contributed by atoms with Crippen molar-refractivity contribution in [2.75, 3.05) is 30.8 Å². The van der Waals surface area contributed by atoms with Crippen LogP contribution in [0.3, 0.4) is 0 Å². The van der Waals surface area contributed by atoms with Gasteiger partial charge in [0.1, 0.15) is 18.3 Å². The quantitative estimate of drug-likeness (QED) is 0.501. The van der Waals surface area contributed by atoms with E-state index in [2.05, 4.69) is 5.32 Å². The van der Waals surface area contributed by atoms with Gasteiger partial charge in [-0.25, -0.2) is 8.42 Å². The fourth-order valence-electron chi connectivity index (χ4n) is 3.32. The minimum atomic E-state index is -3.89. The molecule has 0 aliphatic rings. The van der Waals surface area contributed by atoms with E-state index >= 15 is 0 Å². The molecule has 0 saturated heterocycles. The summed E-state index contributed by atoms with van der Waals surface area (Å²) in [5, 5.41) is 3.09. The summed E-state index contributed by atoms with van der Waals surface area (Å²) in [4.78, 5) is 27.6. The molecule has 0 spiro atoms. The Morgan fingerprint density at radius 1 is 1.15 bits per heavy atom. The van der Waals surface area contributed by atoms with Gasteiger partial charge in [0.15, 0.2) is 0 Å². The average molecular weight is 510 g/mol. The topological polar surface area (TPSA) is 96.0 Å². The van der Waals surface area contributed by atoms with E-state index in [1.807, 2.05) is 38.1 Å². The summed E-state index contributed by atoms with van der Waals surface area (Å²) >= 11 is 6.10. The summed E-state index contributed by atoms with van der Waals surface area (Å²) in [6.07, 6.45) is 1.75. The van der Waals surface area contributed by atoms with Gasteiger partial charge >= 0.3 is 0 Å². The lowest BCUT2D eigenvalue weighted by Crippen LogP contribution is -2.51. The van der Waals surface area contributed by atoms with E-state index in [1.165, 1.54) is 24.1 Å². The molecule has 2 aromatic rings. The number of carbonyl (C=O) groups excluding carboxylic acids is 2. The number of amides is 2. The van der Waals surface area contributed by atoms with Gasteiger partial charge in [-0.1, -0.05) is 48.4 Å². The predicted molar refractivity (Wildman–Crippen MR) is 135 cm³/mol. The smallest absolute Gasteiger partial charge is 0.244 e. The first kappa shape index (κ1) is 27.5. The van der Waals surface area contributed by atoms with Crippen molar-refractivity contribution in [2.45, 2.75) is 39.8 Å². The third-order valence-corrected chi connectivity index (χ3v) is 6.64. The number of ether oxygens (including phenoxy) is 1. The predicted octanol–water partition coefficient (Wildman–Crippen LogP) is 3.37. The van der Waals surface area contributed by atoms with Gasteiger partial charge in [0.05, 0.1) is 19.1 Å². The molecule has 34 heavy (non-hydrogen) atoms. The Kier molecular flexibility index (Phi) is 9.76. The van der Waals surface area contributed by atoms with Crippen molar-refractivity contribution in [1.29, 1.82) is 0 Å². The van der Waals surface area contributed by atoms with Gasteiger partial charge < -0.3 is 15.0 Å². The van der Waals surface area contributed by atoms with Gasteiger partial charge in [0, 0.05) is 18.1 Å². The SMILES string of the molecule is CCCNC(=O)C(C)N(Cc1ccc(C)cc1)C(=O)CN(c1cc(Cl)ccc1OC)S(C)(=O)=O. The summed E-state index contributed by atoms with van der Waals surface area (Å²) in [5.74, 6) is -0.595. The molecule has 0 aliphatic carbocycles. The third-order valence-electron chi connectivity index (χ3n) is 5.28. The van der Waals surface area contributed by atoms with Crippen molar-refractivity contribution in [3.05, 3.63) is 58.6 Å². The number of nitrogens with zero attached hydrogens (tertiary/aromatic N) is 2. The van der Waals surface area contributed by atoms with E-state index in [0.717, 1.165) is 28.1 Å². The number of rotatable bonds is 11. The fraction of sp³-hybridized carbons (Fsp3) is 0.417. The number of carbonyl (C=O) groups is 2. The van der Waals surface area contributed by atoms with Crippen molar-refractivity contribution < 1.29 is 22.7 Å². The minimum Gasteiger partial charge on any atom is -0.495 e. The number of sulfonamides is 1. The number of aryl methyl sites for hydroxylation is 1. The van der Waals surface area contributed by atoms with Crippen LogP contribution in [-0.2, 0) is 26.2 Å². The molecule has 1 unspecified atom stereocenters. The highest BCUT2D eigenvalue weighted by molar-refractivity contribution is 7.92. The van der Waals surface area contributed by atoms with Crippen molar-refractivity contribution in [1.82, 2.24) is 10.2 Å². The molecule has 0 saturated carbocycles. The molecule has 1 atom stereocenters. The van der Waals surface area contributed by atoms with Gasteiger partial charge in [-0.3, -0.25) is 13.9 Å². The van der Waals surface area contributed by atoms with Crippen LogP contribution in [0.25, 0.3) is 0 Å². The maximum Gasteiger partial charge on any atom is 0.244 e. The lowest BCUT2D eigenvalue weighted by atomic mass is 10.1. The first-order valence-corrected chi connectivity index (χ1v) is 13.1. The van der Waals surface area contributed by atoms with E-state index in [1.54, 1.807) is 13.0 Å². The first-order valence-electron chi connectivity index (χ1n) is 10.9. The molecule has 0 radical (unpaired) electrons. The van der Waals surface area contributed by atoms with E-state index < -0.39 is 28.5 Å². The number of hydrogen-bond acceptors (Lipinski definition) is 5. The zero-order valence-corrected chi connectivity index (χ0v) is 21.7. The number of benzene rings is 2. The Labute approximate surface area is 206 Å². The van der Waals surface area contributed by atoms with Crippen LogP contribution in [-0.4, -0.2) is 57.6 Å². The zero-order chi connectivity index (χ0) is 25.5. The standard InChI is InChI=1S/C24H32ClN3O5S/c1-6-13-26-24(30)18(3)27(15-19-9-7-17(2)8-10-19)23(29)16-28(34(5,31)32)21-14-20(25)11-12-22(21)33-4/h7-12,14,18H,6,13,15-16H2,1-5H3,(H,26,30). The van der Waals surface area contributed by atoms with Crippen LogP contribution in [0.2, 0.25) is 5.02 Å². The zero-order valence-electron chi connectivity index (χ0n) is 20.2. The Balaban J connectivity index is 2.43. The summed E-state index contributed by atoms with van der Waals surface area (Å²) < 4.78 is 31.6. The Hall–Kier alpha value is -2.78. The van der Waals surface area contributed by atoms with E-state index in [9.17, 15) is 18.0 Å². The largest absolute Gasteiger partial charge is 0.495 e. The molecule has 0 bridgehead atoms. The number of methoxy groups -OCH3 is 1. The second kappa shape index (κ2) is 12.1. The molecule has 0 fully saturated rings. The molecule has 2 amide bonds. The lowest BCUT2D eigenvalue weighted by Gasteiger charge is -2.32. The maximum absolute atomic E-state index is 13.5. The highest BCUT2D eigenvalue weighted by atomic mass is 35.5. The van der Waals surface area contributed by atoms with Crippen LogP contribution in [0, 0.1) is 6.92 Å². The highest BCUT2D eigenvalue weighted by Crippen LogP contribution is 2.33. The molecule has 186 valence electrons. The molecule has 0 aliphatic heterocycles. The summed E-state index contributed by atoms with van der Waals surface area (Å²) in [6.45, 7) is 5.61.